The van der Waals surface area contributed by atoms with E-state index in [0.29, 0.717) is 6.04 Å². The van der Waals surface area contributed by atoms with E-state index >= 15 is 0 Å². The number of halogens is 1. The smallest absolute Gasteiger partial charge is 0.0993 e. The van der Waals surface area contributed by atoms with Crippen molar-refractivity contribution in [2.45, 2.75) is 25.1 Å². The van der Waals surface area contributed by atoms with Gasteiger partial charge in [-0.2, -0.15) is 5.10 Å². The molecule has 2 N–H and O–H groups in total. The van der Waals surface area contributed by atoms with E-state index in [1.807, 2.05) is 12.3 Å². The summed E-state index contributed by atoms with van der Waals surface area (Å²) >= 11 is 3.45. The minimum absolute atomic E-state index is 0.0629. The molecule has 0 amide bonds. The lowest BCUT2D eigenvalue weighted by Crippen LogP contribution is -2.31. The van der Waals surface area contributed by atoms with Gasteiger partial charge >= 0.3 is 0 Å². The van der Waals surface area contributed by atoms with Gasteiger partial charge < -0.3 is 10.1 Å². The van der Waals surface area contributed by atoms with Crippen molar-refractivity contribution in [3.05, 3.63) is 46.5 Å². The standard InChI is InChI=1S/C13H15BrN4O/c14-10-5-9(6-15-7-10)13-12(2-4-19-13)16-8-11-1-3-17-18-11/h1,3,5-7,12-13,16H,2,4,8H2,(H,17,18)/t12-,13+/m0/s1. The van der Waals surface area contributed by atoms with Crippen LogP contribution in [0.2, 0.25) is 0 Å². The number of hydrogen-bond donors (Lipinski definition) is 2. The first-order valence-corrected chi connectivity index (χ1v) is 7.06. The van der Waals surface area contributed by atoms with E-state index in [-0.39, 0.29) is 6.10 Å². The Morgan fingerprint density at radius 2 is 2.42 bits per heavy atom. The Labute approximate surface area is 119 Å². The third-order valence-electron chi connectivity index (χ3n) is 3.26. The first-order valence-electron chi connectivity index (χ1n) is 6.26. The molecule has 1 saturated heterocycles. The number of aromatic amines is 1. The summed E-state index contributed by atoms with van der Waals surface area (Å²) in [5, 5.41) is 10.4. The fourth-order valence-corrected chi connectivity index (χ4v) is 2.72. The van der Waals surface area contributed by atoms with Gasteiger partial charge in [-0.05, 0) is 34.5 Å². The molecule has 0 aromatic carbocycles. The van der Waals surface area contributed by atoms with Gasteiger partial charge in [0.25, 0.3) is 0 Å². The molecular formula is C13H15BrN4O. The molecule has 5 nitrogen and oxygen atoms in total. The molecule has 0 unspecified atom stereocenters. The van der Waals surface area contributed by atoms with Gasteiger partial charge in [-0.25, -0.2) is 0 Å². The maximum Gasteiger partial charge on any atom is 0.0993 e. The van der Waals surface area contributed by atoms with Crippen LogP contribution in [0.3, 0.4) is 0 Å². The zero-order valence-electron chi connectivity index (χ0n) is 10.3. The van der Waals surface area contributed by atoms with Crippen molar-refractivity contribution >= 4 is 15.9 Å². The van der Waals surface area contributed by atoms with Gasteiger partial charge in [-0.1, -0.05) is 0 Å². The van der Waals surface area contributed by atoms with E-state index in [2.05, 4.69) is 42.5 Å². The Morgan fingerprint density at radius 1 is 1.47 bits per heavy atom. The van der Waals surface area contributed by atoms with Crippen molar-refractivity contribution in [3.8, 4) is 0 Å². The molecule has 0 radical (unpaired) electrons. The molecular weight excluding hydrogens is 308 g/mol. The lowest BCUT2D eigenvalue weighted by molar-refractivity contribution is 0.0981. The van der Waals surface area contributed by atoms with Crippen molar-refractivity contribution in [1.82, 2.24) is 20.5 Å². The highest BCUT2D eigenvalue weighted by molar-refractivity contribution is 9.10. The third kappa shape index (κ3) is 3.02. The maximum atomic E-state index is 5.83. The quantitative estimate of drug-likeness (QED) is 0.905. The summed E-state index contributed by atoms with van der Waals surface area (Å²) in [4.78, 5) is 4.20. The second-order valence-corrected chi connectivity index (χ2v) is 5.50. The van der Waals surface area contributed by atoms with Gasteiger partial charge in [-0.3, -0.25) is 10.1 Å². The number of nitrogens with zero attached hydrogens (tertiary/aromatic N) is 2. The molecule has 2 aromatic rings. The largest absolute Gasteiger partial charge is 0.372 e. The molecule has 2 aromatic heterocycles. The van der Waals surface area contributed by atoms with Crippen molar-refractivity contribution in [3.63, 3.8) is 0 Å². The van der Waals surface area contributed by atoms with Crippen molar-refractivity contribution in [1.29, 1.82) is 0 Å². The Bertz CT molecular complexity index is 531. The summed E-state index contributed by atoms with van der Waals surface area (Å²) in [6, 6.07) is 4.34. The highest BCUT2D eigenvalue weighted by atomic mass is 79.9. The van der Waals surface area contributed by atoms with Gasteiger partial charge in [0.15, 0.2) is 0 Å². The highest BCUT2D eigenvalue weighted by Crippen LogP contribution is 2.30. The molecule has 1 fully saturated rings. The normalized spacial score (nSPS) is 22.8. The number of nitrogens with one attached hydrogen (secondary N) is 2. The minimum Gasteiger partial charge on any atom is -0.372 e. The first-order chi connectivity index (χ1) is 9.33. The van der Waals surface area contributed by atoms with Crippen molar-refractivity contribution in [2.75, 3.05) is 6.61 Å². The number of rotatable bonds is 4. The summed E-state index contributed by atoms with van der Waals surface area (Å²) in [5.74, 6) is 0. The van der Waals surface area contributed by atoms with Crippen LogP contribution < -0.4 is 5.32 Å². The third-order valence-corrected chi connectivity index (χ3v) is 3.69. The van der Waals surface area contributed by atoms with E-state index in [0.717, 1.165) is 35.3 Å². The van der Waals surface area contributed by atoms with E-state index in [1.165, 1.54) is 0 Å². The predicted molar refractivity (Wildman–Crippen MR) is 74.5 cm³/mol. The van der Waals surface area contributed by atoms with Crippen LogP contribution in [0.4, 0.5) is 0 Å². The Kier molecular flexibility index (Phi) is 3.91. The number of ether oxygens (including phenoxy) is 1. The molecule has 3 rings (SSSR count). The number of hydrogen-bond acceptors (Lipinski definition) is 4. The maximum absolute atomic E-state index is 5.83. The Hall–Kier alpha value is -1.24. The molecule has 0 bridgehead atoms. The average molecular weight is 323 g/mol. The second-order valence-electron chi connectivity index (χ2n) is 4.59. The monoisotopic (exact) mass is 322 g/mol. The Balaban J connectivity index is 1.67. The molecule has 2 atom stereocenters. The van der Waals surface area contributed by atoms with Crippen LogP contribution in [0.1, 0.15) is 23.8 Å². The molecule has 3 heterocycles. The van der Waals surface area contributed by atoms with Crippen LogP contribution >= 0.6 is 15.9 Å². The fraction of sp³-hybridized carbons (Fsp3) is 0.385. The average Bonchev–Trinajstić information content (AvgIpc) is 3.08. The number of pyridine rings is 1. The zero-order chi connectivity index (χ0) is 13.1. The highest BCUT2D eigenvalue weighted by Gasteiger charge is 2.29. The minimum atomic E-state index is 0.0629. The first kappa shape index (κ1) is 12.8. The predicted octanol–water partition coefficient (Wildman–Crippen LogP) is 2.19. The van der Waals surface area contributed by atoms with Crippen LogP contribution in [0.15, 0.2) is 35.2 Å². The van der Waals surface area contributed by atoms with Gasteiger partial charge in [0.1, 0.15) is 0 Å². The molecule has 100 valence electrons. The summed E-state index contributed by atoms with van der Waals surface area (Å²) in [5.41, 5.74) is 2.19. The van der Waals surface area contributed by atoms with Crippen LogP contribution in [-0.4, -0.2) is 27.8 Å². The second kappa shape index (κ2) is 5.81. The molecule has 6 heteroatoms. The van der Waals surface area contributed by atoms with Gasteiger partial charge in [0, 0.05) is 53.5 Å². The summed E-state index contributed by atoms with van der Waals surface area (Å²) in [7, 11) is 0. The van der Waals surface area contributed by atoms with Gasteiger partial charge in [0.2, 0.25) is 0 Å². The Morgan fingerprint density at radius 3 is 3.21 bits per heavy atom. The van der Waals surface area contributed by atoms with Crippen LogP contribution in [0.5, 0.6) is 0 Å². The van der Waals surface area contributed by atoms with Crippen LogP contribution in [-0.2, 0) is 11.3 Å². The fourth-order valence-electron chi connectivity index (χ4n) is 2.34. The lowest BCUT2D eigenvalue weighted by atomic mass is 10.0. The van der Waals surface area contributed by atoms with Crippen molar-refractivity contribution < 1.29 is 4.74 Å². The van der Waals surface area contributed by atoms with Crippen molar-refractivity contribution in [2.24, 2.45) is 0 Å². The van der Waals surface area contributed by atoms with E-state index < -0.39 is 0 Å². The van der Waals surface area contributed by atoms with Crippen LogP contribution in [0.25, 0.3) is 0 Å². The molecule has 19 heavy (non-hydrogen) atoms. The topological polar surface area (TPSA) is 62.8 Å². The van der Waals surface area contributed by atoms with Crippen LogP contribution in [0, 0.1) is 0 Å². The number of aromatic nitrogens is 3. The molecule has 1 aliphatic rings. The zero-order valence-corrected chi connectivity index (χ0v) is 11.9. The molecule has 0 saturated carbocycles. The molecule has 1 aliphatic heterocycles. The SMILES string of the molecule is Brc1cncc([C@H]2OCC[C@@H]2NCc2ccn[nH]2)c1. The summed E-state index contributed by atoms with van der Waals surface area (Å²) < 4.78 is 6.81. The van der Waals surface area contributed by atoms with Gasteiger partial charge in [0.05, 0.1) is 6.10 Å². The van der Waals surface area contributed by atoms with E-state index in [9.17, 15) is 0 Å². The molecule has 0 aliphatic carbocycles. The lowest BCUT2D eigenvalue weighted by Gasteiger charge is -2.19. The van der Waals surface area contributed by atoms with E-state index in [4.69, 9.17) is 4.74 Å². The number of H-pyrrole nitrogens is 1. The van der Waals surface area contributed by atoms with Gasteiger partial charge in [-0.15, -0.1) is 0 Å². The molecule has 0 spiro atoms. The summed E-state index contributed by atoms with van der Waals surface area (Å²) in [6.07, 6.45) is 6.48. The van der Waals surface area contributed by atoms with E-state index in [1.54, 1.807) is 12.4 Å². The summed E-state index contributed by atoms with van der Waals surface area (Å²) in [6.45, 7) is 1.55.